The number of nitriles is 1. The van der Waals surface area contributed by atoms with Crippen molar-refractivity contribution in [2.75, 3.05) is 11.9 Å². The van der Waals surface area contributed by atoms with E-state index < -0.39 is 24.6 Å². The number of rotatable bonds is 6. The van der Waals surface area contributed by atoms with Gasteiger partial charge in [-0.2, -0.15) is 5.26 Å². The average Bonchev–Trinajstić information content (AvgIpc) is 2.60. The number of carbonyl (C=O) groups is 2. The van der Waals surface area contributed by atoms with Crippen LogP contribution in [-0.4, -0.2) is 24.6 Å². The van der Waals surface area contributed by atoms with Gasteiger partial charge in [-0.15, -0.1) is 0 Å². The van der Waals surface area contributed by atoms with Crippen LogP contribution in [0.1, 0.15) is 18.1 Å². The third-order valence-corrected chi connectivity index (χ3v) is 3.67. The number of benzene rings is 2. The van der Waals surface area contributed by atoms with Crippen LogP contribution in [-0.2, 0) is 14.3 Å². The van der Waals surface area contributed by atoms with Crippen LogP contribution >= 0.6 is 11.6 Å². The minimum atomic E-state index is -0.853. The Morgan fingerprint density at radius 3 is 2.69 bits per heavy atom. The molecule has 6 nitrogen and oxygen atoms in total. The van der Waals surface area contributed by atoms with Crippen molar-refractivity contribution in [2.45, 2.75) is 20.0 Å². The SMILES string of the molecule is Cc1cccc(O[C@@H](C)C(=O)OCC(=O)Nc2ccc(C#N)c(Cl)c2)c1. The molecule has 0 aromatic heterocycles. The van der Waals surface area contributed by atoms with Gasteiger partial charge in [0, 0.05) is 5.69 Å². The van der Waals surface area contributed by atoms with E-state index in [0.717, 1.165) is 5.56 Å². The van der Waals surface area contributed by atoms with Gasteiger partial charge >= 0.3 is 5.97 Å². The van der Waals surface area contributed by atoms with Gasteiger partial charge in [-0.25, -0.2) is 4.79 Å². The molecule has 0 aliphatic rings. The molecule has 0 fully saturated rings. The highest BCUT2D eigenvalue weighted by atomic mass is 35.5. The topological polar surface area (TPSA) is 88.4 Å². The van der Waals surface area contributed by atoms with Crippen molar-refractivity contribution >= 4 is 29.2 Å². The molecule has 0 unspecified atom stereocenters. The van der Waals surface area contributed by atoms with E-state index in [1.54, 1.807) is 19.1 Å². The lowest BCUT2D eigenvalue weighted by molar-refractivity contribution is -0.153. The summed E-state index contributed by atoms with van der Waals surface area (Å²) in [4.78, 5) is 23.8. The molecule has 0 heterocycles. The number of nitrogens with one attached hydrogen (secondary N) is 1. The summed E-state index contributed by atoms with van der Waals surface area (Å²) >= 11 is 5.89. The Balaban J connectivity index is 1.83. The number of amides is 1. The minimum absolute atomic E-state index is 0.225. The zero-order valence-electron chi connectivity index (χ0n) is 14.3. The van der Waals surface area contributed by atoms with Crippen LogP contribution in [0.3, 0.4) is 0 Å². The van der Waals surface area contributed by atoms with Gasteiger partial charge in [0.25, 0.3) is 5.91 Å². The molecule has 0 saturated carbocycles. The van der Waals surface area contributed by atoms with Crippen molar-refractivity contribution in [3.8, 4) is 11.8 Å². The second-order valence-electron chi connectivity index (χ2n) is 5.54. The first kappa shape index (κ1) is 19.3. The van der Waals surface area contributed by atoms with Crippen LogP contribution in [0.2, 0.25) is 5.02 Å². The smallest absolute Gasteiger partial charge is 0.347 e. The van der Waals surface area contributed by atoms with Crippen LogP contribution < -0.4 is 10.1 Å². The highest BCUT2D eigenvalue weighted by Crippen LogP contribution is 2.20. The normalized spacial score (nSPS) is 11.2. The minimum Gasteiger partial charge on any atom is -0.479 e. The number of hydrogen-bond donors (Lipinski definition) is 1. The molecule has 7 heteroatoms. The molecule has 2 aromatic rings. The molecule has 0 aliphatic heterocycles. The maximum atomic E-state index is 11.9. The van der Waals surface area contributed by atoms with Gasteiger partial charge < -0.3 is 14.8 Å². The molecular weight excluding hydrogens is 356 g/mol. The van der Waals surface area contributed by atoms with Gasteiger partial charge in [0.1, 0.15) is 11.8 Å². The maximum absolute atomic E-state index is 11.9. The molecule has 134 valence electrons. The lowest BCUT2D eigenvalue weighted by atomic mass is 10.2. The van der Waals surface area contributed by atoms with E-state index in [9.17, 15) is 9.59 Å². The number of aryl methyl sites for hydroxylation is 1. The number of carbonyl (C=O) groups excluding carboxylic acids is 2. The van der Waals surface area contributed by atoms with Crippen LogP contribution in [0.25, 0.3) is 0 Å². The summed E-state index contributed by atoms with van der Waals surface area (Å²) in [6, 6.07) is 13.7. The fourth-order valence-electron chi connectivity index (χ4n) is 2.08. The molecule has 0 bridgehead atoms. The quantitative estimate of drug-likeness (QED) is 0.784. The Kier molecular flexibility index (Phi) is 6.59. The van der Waals surface area contributed by atoms with E-state index in [-0.39, 0.29) is 5.02 Å². The summed E-state index contributed by atoms with van der Waals surface area (Å²) in [6.45, 7) is 3.00. The van der Waals surface area contributed by atoms with Crippen LogP contribution in [0.4, 0.5) is 5.69 Å². The fraction of sp³-hybridized carbons (Fsp3) is 0.211. The van der Waals surface area contributed by atoms with E-state index in [4.69, 9.17) is 26.3 Å². The molecule has 2 aromatic carbocycles. The molecular formula is C19H17ClN2O4. The monoisotopic (exact) mass is 372 g/mol. The average molecular weight is 373 g/mol. The first-order valence-corrected chi connectivity index (χ1v) is 8.16. The largest absolute Gasteiger partial charge is 0.479 e. The van der Waals surface area contributed by atoms with Gasteiger partial charge in [-0.3, -0.25) is 4.79 Å². The lowest BCUT2D eigenvalue weighted by Gasteiger charge is -2.14. The number of halogens is 1. The summed E-state index contributed by atoms with van der Waals surface area (Å²) in [7, 11) is 0. The van der Waals surface area contributed by atoms with Crippen molar-refractivity contribution in [1.82, 2.24) is 0 Å². The number of anilines is 1. The van der Waals surface area contributed by atoms with Crippen molar-refractivity contribution in [3.63, 3.8) is 0 Å². The van der Waals surface area contributed by atoms with E-state index >= 15 is 0 Å². The van der Waals surface area contributed by atoms with Gasteiger partial charge in [-0.1, -0.05) is 23.7 Å². The van der Waals surface area contributed by atoms with E-state index in [1.165, 1.54) is 18.2 Å². The van der Waals surface area contributed by atoms with Crippen molar-refractivity contribution in [3.05, 3.63) is 58.6 Å². The molecule has 1 atom stereocenters. The van der Waals surface area contributed by atoms with Crippen molar-refractivity contribution in [1.29, 1.82) is 5.26 Å². The predicted molar refractivity (Wildman–Crippen MR) is 97.0 cm³/mol. The van der Waals surface area contributed by atoms with Crippen molar-refractivity contribution in [2.24, 2.45) is 0 Å². The van der Waals surface area contributed by atoms with Gasteiger partial charge in [0.15, 0.2) is 12.7 Å². The third kappa shape index (κ3) is 5.50. The molecule has 0 spiro atoms. The Bertz CT molecular complexity index is 861. The number of hydrogen-bond acceptors (Lipinski definition) is 5. The third-order valence-electron chi connectivity index (χ3n) is 3.35. The first-order chi connectivity index (χ1) is 12.4. The predicted octanol–water partition coefficient (Wildman–Crippen LogP) is 3.47. The lowest BCUT2D eigenvalue weighted by Crippen LogP contribution is -2.29. The van der Waals surface area contributed by atoms with E-state index in [1.807, 2.05) is 25.1 Å². The molecule has 0 saturated heterocycles. The second-order valence-corrected chi connectivity index (χ2v) is 5.95. The molecule has 1 amide bonds. The summed E-state index contributed by atoms with van der Waals surface area (Å²) in [5.41, 5.74) is 1.71. The number of ether oxygens (including phenoxy) is 2. The van der Waals surface area contributed by atoms with Gasteiger partial charge in [0.05, 0.1) is 10.6 Å². The Morgan fingerprint density at radius 2 is 2.04 bits per heavy atom. The molecule has 0 aliphatic carbocycles. The fourth-order valence-corrected chi connectivity index (χ4v) is 2.30. The first-order valence-electron chi connectivity index (χ1n) is 7.78. The zero-order chi connectivity index (χ0) is 19.1. The summed E-state index contributed by atoms with van der Waals surface area (Å²) in [5.74, 6) is -0.632. The second kappa shape index (κ2) is 8.88. The molecule has 2 rings (SSSR count). The maximum Gasteiger partial charge on any atom is 0.347 e. The molecule has 1 N–H and O–H groups in total. The van der Waals surface area contributed by atoms with Crippen LogP contribution in [0.5, 0.6) is 5.75 Å². The number of esters is 1. The van der Waals surface area contributed by atoms with Crippen LogP contribution in [0.15, 0.2) is 42.5 Å². The van der Waals surface area contributed by atoms with Crippen LogP contribution in [0, 0.1) is 18.3 Å². The van der Waals surface area contributed by atoms with Gasteiger partial charge in [-0.05, 0) is 49.7 Å². The van der Waals surface area contributed by atoms with E-state index in [0.29, 0.717) is 17.0 Å². The highest BCUT2D eigenvalue weighted by molar-refractivity contribution is 6.32. The van der Waals surface area contributed by atoms with Gasteiger partial charge in [0.2, 0.25) is 0 Å². The highest BCUT2D eigenvalue weighted by Gasteiger charge is 2.18. The standard InChI is InChI=1S/C19H17ClN2O4/c1-12-4-3-5-16(8-12)26-13(2)19(24)25-11-18(23)22-15-7-6-14(10-21)17(20)9-15/h3-9,13H,11H2,1-2H3,(H,22,23)/t13-/m0/s1. The zero-order valence-corrected chi connectivity index (χ0v) is 15.0. The Morgan fingerprint density at radius 1 is 1.27 bits per heavy atom. The molecule has 0 radical (unpaired) electrons. The Labute approximate surface area is 156 Å². The van der Waals surface area contributed by atoms with Crippen molar-refractivity contribution < 1.29 is 19.1 Å². The van der Waals surface area contributed by atoms with E-state index in [2.05, 4.69) is 5.32 Å². The molecule has 26 heavy (non-hydrogen) atoms. The summed E-state index contributed by atoms with van der Waals surface area (Å²) < 4.78 is 10.4. The summed E-state index contributed by atoms with van der Waals surface area (Å²) in [5, 5.41) is 11.6. The number of nitrogens with zero attached hydrogens (tertiary/aromatic N) is 1. The Hall–Kier alpha value is -3.04. The summed E-state index contributed by atoms with van der Waals surface area (Å²) in [6.07, 6.45) is -0.853.